The molecule has 35 heavy (non-hydrogen) atoms. The number of piperazine rings is 1. The molecule has 2 amide bonds. The molecule has 0 radical (unpaired) electrons. The van der Waals surface area contributed by atoms with E-state index in [4.69, 9.17) is 21.7 Å². The van der Waals surface area contributed by atoms with Crippen molar-refractivity contribution in [2.75, 3.05) is 26.3 Å². The SMILES string of the molecule is CCCCCCOc1ccc(Br)cc1C(=O)NC(=S)N1CCNC(=O)C1CC(=O)OCCC(C)C. The quantitative estimate of drug-likeness (QED) is 0.221. The molecule has 10 heteroatoms. The zero-order chi connectivity index (χ0) is 25.8. The van der Waals surface area contributed by atoms with Crippen molar-refractivity contribution in [3.05, 3.63) is 28.2 Å². The van der Waals surface area contributed by atoms with Gasteiger partial charge in [-0.25, -0.2) is 0 Å². The van der Waals surface area contributed by atoms with E-state index in [0.29, 0.717) is 43.5 Å². The Morgan fingerprint density at radius 1 is 1.26 bits per heavy atom. The second-order valence-corrected chi connectivity index (χ2v) is 10.2. The molecule has 0 bridgehead atoms. The highest BCUT2D eigenvalue weighted by Crippen LogP contribution is 2.24. The molecule has 8 nitrogen and oxygen atoms in total. The van der Waals surface area contributed by atoms with Crippen LogP contribution < -0.4 is 15.4 Å². The van der Waals surface area contributed by atoms with Gasteiger partial charge in [0.1, 0.15) is 11.8 Å². The Labute approximate surface area is 221 Å². The van der Waals surface area contributed by atoms with Crippen molar-refractivity contribution in [2.24, 2.45) is 5.92 Å². The first kappa shape index (κ1) is 29.0. The molecular formula is C25H36BrN3O5S. The molecule has 1 aliphatic heterocycles. The summed E-state index contributed by atoms with van der Waals surface area (Å²) in [7, 11) is 0. The number of hydrogen-bond acceptors (Lipinski definition) is 6. The number of thiocarbonyl (C=S) groups is 1. The molecule has 0 aliphatic carbocycles. The van der Waals surface area contributed by atoms with E-state index in [0.717, 1.165) is 36.6 Å². The smallest absolute Gasteiger partial charge is 0.308 e. The molecule has 1 atom stereocenters. The van der Waals surface area contributed by atoms with Crippen LogP contribution in [0.25, 0.3) is 0 Å². The van der Waals surface area contributed by atoms with E-state index in [1.165, 1.54) is 0 Å². The highest BCUT2D eigenvalue weighted by atomic mass is 79.9. The molecule has 2 rings (SSSR count). The number of unbranched alkanes of at least 4 members (excludes halogenated alkanes) is 3. The van der Waals surface area contributed by atoms with Crippen LogP contribution >= 0.6 is 28.1 Å². The fourth-order valence-electron chi connectivity index (χ4n) is 3.54. The maximum absolute atomic E-state index is 13.1. The normalized spacial score (nSPS) is 15.5. The van der Waals surface area contributed by atoms with Gasteiger partial charge in [0, 0.05) is 17.6 Å². The van der Waals surface area contributed by atoms with Gasteiger partial charge in [-0.05, 0) is 49.2 Å². The lowest BCUT2D eigenvalue weighted by molar-refractivity contribution is -0.147. The number of nitrogens with one attached hydrogen (secondary N) is 2. The Morgan fingerprint density at radius 2 is 2.03 bits per heavy atom. The standard InChI is InChI=1S/C25H36BrN3O5S/c1-4-5-6-7-13-33-21-9-8-18(26)15-19(21)23(31)28-25(35)29-12-11-27-24(32)20(29)16-22(30)34-14-10-17(2)3/h8-9,15,17,20H,4-7,10-14,16H2,1-3H3,(H,27,32)(H,28,31,35). The number of halogens is 1. The largest absolute Gasteiger partial charge is 0.493 e. The third-order valence-electron chi connectivity index (χ3n) is 5.57. The summed E-state index contributed by atoms with van der Waals surface area (Å²) in [6.07, 6.45) is 4.84. The van der Waals surface area contributed by atoms with Crippen LogP contribution in [0.2, 0.25) is 0 Å². The first-order valence-electron chi connectivity index (χ1n) is 12.2. The number of benzene rings is 1. The van der Waals surface area contributed by atoms with Gasteiger partial charge in [-0.15, -0.1) is 0 Å². The van der Waals surface area contributed by atoms with Crippen molar-refractivity contribution in [1.82, 2.24) is 15.5 Å². The summed E-state index contributed by atoms with van der Waals surface area (Å²) >= 11 is 8.88. The highest BCUT2D eigenvalue weighted by molar-refractivity contribution is 9.10. The van der Waals surface area contributed by atoms with E-state index in [-0.39, 0.29) is 17.4 Å². The van der Waals surface area contributed by atoms with Gasteiger partial charge in [-0.2, -0.15) is 0 Å². The first-order valence-corrected chi connectivity index (χ1v) is 13.4. The predicted molar refractivity (Wildman–Crippen MR) is 142 cm³/mol. The number of nitrogens with zero attached hydrogens (tertiary/aromatic N) is 1. The molecule has 1 unspecified atom stereocenters. The molecule has 1 saturated heterocycles. The Hall–Kier alpha value is -2.20. The van der Waals surface area contributed by atoms with E-state index in [9.17, 15) is 14.4 Å². The molecule has 2 N–H and O–H groups in total. The number of carbonyl (C=O) groups excluding carboxylic acids is 3. The lowest BCUT2D eigenvalue weighted by Gasteiger charge is -2.36. The molecular weight excluding hydrogens is 534 g/mol. The van der Waals surface area contributed by atoms with Gasteiger partial charge in [0.2, 0.25) is 5.91 Å². The summed E-state index contributed by atoms with van der Waals surface area (Å²) in [4.78, 5) is 39.5. The van der Waals surface area contributed by atoms with Crippen molar-refractivity contribution in [2.45, 2.75) is 65.3 Å². The Balaban J connectivity index is 2.04. The molecule has 0 saturated carbocycles. The summed E-state index contributed by atoms with van der Waals surface area (Å²) in [6, 6.07) is 4.38. The maximum atomic E-state index is 13.1. The molecule has 1 heterocycles. The molecule has 0 aromatic heterocycles. The summed E-state index contributed by atoms with van der Waals surface area (Å²) in [6.45, 7) is 7.77. The van der Waals surface area contributed by atoms with Gasteiger partial charge in [0.05, 0.1) is 25.2 Å². The van der Waals surface area contributed by atoms with Crippen LogP contribution in [-0.2, 0) is 14.3 Å². The van der Waals surface area contributed by atoms with E-state index in [2.05, 4.69) is 33.5 Å². The lowest BCUT2D eigenvalue weighted by atomic mass is 10.1. The summed E-state index contributed by atoms with van der Waals surface area (Å²) in [5.41, 5.74) is 0.336. The second kappa shape index (κ2) is 15.0. The van der Waals surface area contributed by atoms with Crippen molar-refractivity contribution in [1.29, 1.82) is 0 Å². The number of esters is 1. The molecule has 194 valence electrons. The van der Waals surface area contributed by atoms with Gasteiger partial charge in [-0.1, -0.05) is 56.0 Å². The van der Waals surface area contributed by atoms with Crippen LogP contribution in [0.1, 0.15) is 69.7 Å². The van der Waals surface area contributed by atoms with E-state index < -0.39 is 17.9 Å². The maximum Gasteiger partial charge on any atom is 0.308 e. The van der Waals surface area contributed by atoms with Gasteiger partial charge in [0.15, 0.2) is 5.11 Å². The average Bonchev–Trinajstić information content (AvgIpc) is 2.80. The van der Waals surface area contributed by atoms with Crippen LogP contribution in [0.3, 0.4) is 0 Å². The Bertz CT molecular complexity index is 896. The molecule has 1 aromatic rings. The van der Waals surface area contributed by atoms with Gasteiger partial charge in [0.25, 0.3) is 5.91 Å². The Kier molecular flexibility index (Phi) is 12.5. The van der Waals surface area contributed by atoms with Crippen molar-refractivity contribution in [3.8, 4) is 5.75 Å². The average molecular weight is 571 g/mol. The van der Waals surface area contributed by atoms with E-state index in [1.807, 2.05) is 19.9 Å². The topological polar surface area (TPSA) is 97.0 Å². The number of hydrogen-bond donors (Lipinski definition) is 2. The van der Waals surface area contributed by atoms with Crippen molar-refractivity contribution in [3.63, 3.8) is 0 Å². The van der Waals surface area contributed by atoms with Crippen molar-refractivity contribution < 1.29 is 23.9 Å². The number of carbonyl (C=O) groups is 3. The molecule has 1 aromatic carbocycles. The summed E-state index contributed by atoms with van der Waals surface area (Å²) in [5.74, 6) is -0.371. The van der Waals surface area contributed by atoms with E-state index in [1.54, 1.807) is 17.0 Å². The third-order valence-corrected chi connectivity index (χ3v) is 6.40. The molecule has 0 spiro atoms. The van der Waals surface area contributed by atoms with Gasteiger partial charge in [-0.3, -0.25) is 19.7 Å². The zero-order valence-electron chi connectivity index (χ0n) is 20.7. The predicted octanol–water partition coefficient (Wildman–Crippen LogP) is 4.20. The first-order chi connectivity index (χ1) is 16.7. The van der Waals surface area contributed by atoms with Crippen LogP contribution in [0.5, 0.6) is 5.75 Å². The minimum atomic E-state index is -0.847. The lowest BCUT2D eigenvalue weighted by Crippen LogP contribution is -2.60. The van der Waals surface area contributed by atoms with Crippen LogP contribution in [-0.4, -0.2) is 60.1 Å². The van der Waals surface area contributed by atoms with Crippen molar-refractivity contribution >= 4 is 51.0 Å². The fraction of sp³-hybridized carbons (Fsp3) is 0.600. The highest BCUT2D eigenvalue weighted by Gasteiger charge is 2.34. The molecule has 1 aliphatic rings. The van der Waals surface area contributed by atoms with Gasteiger partial charge < -0.3 is 19.7 Å². The van der Waals surface area contributed by atoms with Gasteiger partial charge >= 0.3 is 5.97 Å². The molecule has 1 fully saturated rings. The second-order valence-electron chi connectivity index (χ2n) is 8.92. The van der Waals surface area contributed by atoms with Crippen LogP contribution in [0.15, 0.2) is 22.7 Å². The third kappa shape index (κ3) is 9.76. The number of rotatable bonds is 12. The number of amides is 2. The van der Waals surface area contributed by atoms with E-state index >= 15 is 0 Å². The van der Waals surface area contributed by atoms with Crippen LogP contribution in [0, 0.1) is 5.92 Å². The minimum absolute atomic E-state index is 0.0821. The monoisotopic (exact) mass is 569 g/mol. The minimum Gasteiger partial charge on any atom is -0.493 e. The summed E-state index contributed by atoms with van der Waals surface area (Å²) in [5, 5.41) is 5.54. The van der Waals surface area contributed by atoms with Crippen LogP contribution in [0.4, 0.5) is 0 Å². The zero-order valence-corrected chi connectivity index (χ0v) is 23.1. The number of ether oxygens (including phenoxy) is 2. The summed E-state index contributed by atoms with van der Waals surface area (Å²) < 4.78 is 11.9. The Morgan fingerprint density at radius 3 is 2.74 bits per heavy atom. The fourth-order valence-corrected chi connectivity index (χ4v) is 4.21.